The van der Waals surface area contributed by atoms with Gasteiger partial charge in [-0.25, -0.2) is 9.48 Å². The summed E-state index contributed by atoms with van der Waals surface area (Å²) in [5.74, 6) is 1.78. The van der Waals surface area contributed by atoms with Crippen molar-refractivity contribution in [2.24, 2.45) is 4.99 Å². The van der Waals surface area contributed by atoms with Crippen molar-refractivity contribution in [3.8, 4) is 11.4 Å². The lowest BCUT2D eigenvalue weighted by atomic mass is 10.2. The zero-order valence-corrected chi connectivity index (χ0v) is 16.9. The Morgan fingerprint density at radius 1 is 1.23 bits per heavy atom. The van der Waals surface area contributed by atoms with E-state index in [1.165, 1.54) is 4.90 Å². The number of methoxy groups -OCH3 is 1. The van der Waals surface area contributed by atoms with Gasteiger partial charge in [-0.15, -0.1) is 0 Å². The Morgan fingerprint density at radius 3 is 2.73 bits per heavy atom. The predicted molar refractivity (Wildman–Crippen MR) is 111 cm³/mol. The van der Waals surface area contributed by atoms with Crippen LogP contribution in [0.4, 0.5) is 10.6 Å². The van der Waals surface area contributed by atoms with E-state index in [0.29, 0.717) is 24.7 Å². The number of carbonyl (C=O) groups excluding carboxylic acids is 2. The summed E-state index contributed by atoms with van der Waals surface area (Å²) < 4.78 is 6.93. The minimum Gasteiger partial charge on any atom is -0.497 e. The third-order valence-electron chi connectivity index (χ3n) is 5.88. The highest BCUT2D eigenvalue weighted by molar-refractivity contribution is 6.20. The number of nitrogens with zero attached hydrogens (tertiary/aromatic N) is 5. The van der Waals surface area contributed by atoms with Crippen molar-refractivity contribution in [3.05, 3.63) is 36.0 Å². The number of anilines is 1. The highest BCUT2D eigenvalue weighted by Gasteiger charge is 2.41. The monoisotopic (exact) mass is 408 g/mol. The fourth-order valence-electron chi connectivity index (χ4n) is 4.40. The SMILES string of the molecule is COc1ccc(-n2ncc3c2N(CC(=O)NC2CCCC2)C(=O)N2CCN=C32)cc1. The van der Waals surface area contributed by atoms with Crippen molar-refractivity contribution >= 4 is 23.6 Å². The Balaban J connectivity index is 1.51. The van der Waals surface area contributed by atoms with Crippen LogP contribution in [0.1, 0.15) is 31.2 Å². The second-order valence-electron chi connectivity index (χ2n) is 7.77. The summed E-state index contributed by atoms with van der Waals surface area (Å²) in [4.78, 5) is 33.7. The zero-order chi connectivity index (χ0) is 20.7. The van der Waals surface area contributed by atoms with Crippen LogP contribution in [0.5, 0.6) is 5.75 Å². The molecule has 2 aromatic rings. The van der Waals surface area contributed by atoms with E-state index in [9.17, 15) is 9.59 Å². The van der Waals surface area contributed by atoms with E-state index in [2.05, 4.69) is 15.4 Å². The van der Waals surface area contributed by atoms with Crippen molar-refractivity contribution in [2.45, 2.75) is 31.7 Å². The molecule has 3 amide bonds. The molecule has 3 aliphatic rings. The largest absolute Gasteiger partial charge is 0.497 e. The third-order valence-corrected chi connectivity index (χ3v) is 5.88. The molecule has 30 heavy (non-hydrogen) atoms. The summed E-state index contributed by atoms with van der Waals surface area (Å²) in [5, 5.41) is 7.60. The van der Waals surface area contributed by atoms with E-state index in [1.807, 2.05) is 24.3 Å². The van der Waals surface area contributed by atoms with E-state index in [0.717, 1.165) is 42.7 Å². The van der Waals surface area contributed by atoms with Gasteiger partial charge < -0.3 is 10.1 Å². The molecule has 1 N–H and O–H groups in total. The number of aromatic nitrogens is 2. The Morgan fingerprint density at radius 2 is 2.00 bits per heavy atom. The van der Waals surface area contributed by atoms with Crippen LogP contribution in [-0.4, -0.2) is 65.2 Å². The lowest BCUT2D eigenvalue weighted by Gasteiger charge is -2.33. The molecule has 0 bridgehead atoms. The molecule has 1 aromatic carbocycles. The van der Waals surface area contributed by atoms with Gasteiger partial charge in [-0.1, -0.05) is 12.8 Å². The smallest absolute Gasteiger partial charge is 0.331 e. The van der Waals surface area contributed by atoms with Crippen molar-refractivity contribution in [3.63, 3.8) is 0 Å². The Labute approximate surface area is 174 Å². The van der Waals surface area contributed by atoms with Crippen LogP contribution in [0, 0.1) is 0 Å². The molecule has 2 aliphatic heterocycles. The summed E-state index contributed by atoms with van der Waals surface area (Å²) in [6, 6.07) is 7.38. The molecule has 1 fully saturated rings. The Kier molecular flexibility index (Phi) is 4.65. The summed E-state index contributed by atoms with van der Waals surface area (Å²) in [6.45, 7) is 1.02. The van der Waals surface area contributed by atoms with Gasteiger partial charge in [0.05, 0.1) is 31.1 Å². The summed E-state index contributed by atoms with van der Waals surface area (Å²) in [6.07, 6.45) is 5.98. The maximum atomic E-state index is 13.3. The first-order chi connectivity index (χ1) is 14.7. The maximum absolute atomic E-state index is 13.3. The second-order valence-corrected chi connectivity index (χ2v) is 7.77. The van der Waals surface area contributed by atoms with Gasteiger partial charge in [0, 0.05) is 12.6 Å². The first-order valence-corrected chi connectivity index (χ1v) is 10.3. The van der Waals surface area contributed by atoms with E-state index in [1.54, 1.807) is 22.9 Å². The Bertz CT molecular complexity index is 1010. The summed E-state index contributed by atoms with van der Waals surface area (Å²) in [7, 11) is 1.61. The third kappa shape index (κ3) is 3.10. The predicted octanol–water partition coefficient (Wildman–Crippen LogP) is 1.94. The van der Waals surface area contributed by atoms with Gasteiger partial charge in [-0.3, -0.25) is 19.6 Å². The number of rotatable bonds is 5. The van der Waals surface area contributed by atoms with Gasteiger partial charge in [0.2, 0.25) is 5.91 Å². The molecule has 0 spiro atoms. The molecule has 9 nitrogen and oxygen atoms in total. The highest BCUT2D eigenvalue weighted by Crippen LogP contribution is 2.33. The molecule has 0 unspecified atom stereocenters. The molecule has 3 heterocycles. The zero-order valence-electron chi connectivity index (χ0n) is 16.9. The van der Waals surface area contributed by atoms with Gasteiger partial charge in [-0.2, -0.15) is 5.10 Å². The molecule has 1 aromatic heterocycles. The van der Waals surface area contributed by atoms with Crippen LogP contribution in [0.15, 0.2) is 35.5 Å². The van der Waals surface area contributed by atoms with Crippen LogP contribution in [0.2, 0.25) is 0 Å². The van der Waals surface area contributed by atoms with Gasteiger partial charge in [0.1, 0.15) is 18.1 Å². The second kappa shape index (κ2) is 7.47. The van der Waals surface area contributed by atoms with E-state index in [-0.39, 0.29) is 24.5 Å². The molecular formula is C21H24N6O3. The Hall–Kier alpha value is -3.36. The van der Waals surface area contributed by atoms with E-state index in [4.69, 9.17) is 4.74 Å². The lowest BCUT2D eigenvalue weighted by molar-refractivity contribution is -0.120. The van der Waals surface area contributed by atoms with Crippen LogP contribution in [0.25, 0.3) is 5.69 Å². The van der Waals surface area contributed by atoms with Crippen molar-refractivity contribution in [1.29, 1.82) is 0 Å². The quantitative estimate of drug-likeness (QED) is 0.818. The van der Waals surface area contributed by atoms with Crippen LogP contribution < -0.4 is 15.0 Å². The fourth-order valence-corrected chi connectivity index (χ4v) is 4.40. The lowest BCUT2D eigenvalue weighted by Crippen LogP contribution is -2.53. The number of ether oxygens (including phenoxy) is 1. The number of hydrogen-bond acceptors (Lipinski definition) is 5. The number of nitrogens with one attached hydrogen (secondary N) is 1. The molecule has 1 saturated carbocycles. The molecule has 5 rings (SSSR count). The molecule has 156 valence electrons. The van der Waals surface area contributed by atoms with E-state index >= 15 is 0 Å². The van der Waals surface area contributed by atoms with Crippen LogP contribution in [-0.2, 0) is 4.79 Å². The number of hydrogen-bond donors (Lipinski definition) is 1. The topological polar surface area (TPSA) is 92.1 Å². The number of carbonyl (C=O) groups is 2. The van der Waals surface area contributed by atoms with Crippen molar-refractivity contribution in [2.75, 3.05) is 31.6 Å². The van der Waals surface area contributed by atoms with Gasteiger partial charge in [0.25, 0.3) is 0 Å². The normalized spacial score (nSPS) is 18.3. The van der Waals surface area contributed by atoms with Crippen LogP contribution >= 0.6 is 0 Å². The van der Waals surface area contributed by atoms with Gasteiger partial charge >= 0.3 is 6.03 Å². The van der Waals surface area contributed by atoms with Crippen molar-refractivity contribution in [1.82, 2.24) is 20.0 Å². The minimum absolute atomic E-state index is 0.0477. The van der Waals surface area contributed by atoms with Gasteiger partial charge in [0.15, 0.2) is 5.82 Å². The number of urea groups is 1. The first kappa shape index (κ1) is 18.7. The van der Waals surface area contributed by atoms with E-state index < -0.39 is 0 Å². The molecule has 0 saturated heterocycles. The summed E-state index contributed by atoms with van der Waals surface area (Å²) >= 11 is 0. The average Bonchev–Trinajstić information content (AvgIpc) is 3.51. The van der Waals surface area contributed by atoms with Crippen molar-refractivity contribution < 1.29 is 14.3 Å². The molecule has 9 heteroatoms. The number of benzene rings is 1. The summed E-state index contributed by atoms with van der Waals surface area (Å²) in [5.41, 5.74) is 1.54. The van der Waals surface area contributed by atoms with Gasteiger partial charge in [-0.05, 0) is 37.1 Å². The average molecular weight is 408 g/mol. The highest BCUT2D eigenvalue weighted by atomic mass is 16.5. The standard InChI is InChI=1S/C21H24N6O3/c1-30-16-8-6-15(7-9-16)27-20-17(12-23-27)19-22-10-11-25(19)21(29)26(20)13-18(28)24-14-4-2-3-5-14/h6-9,12,14H,2-5,10-11,13H2,1H3,(H,24,28). The number of amidine groups is 1. The minimum atomic E-state index is -0.240. The number of fused-ring (bicyclic) bond motifs is 3. The number of amides is 3. The maximum Gasteiger partial charge on any atom is 0.331 e. The molecule has 0 radical (unpaired) electrons. The first-order valence-electron chi connectivity index (χ1n) is 10.3. The molecule has 0 atom stereocenters. The molecular weight excluding hydrogens is 384 g/mol. The number of aliphatic imine (C=N–C) groups is 1. The molecule has 1 aliphatic carbocycles. The van der Waals surface area contributed by atoms with Crippen LogP contribution in [0.3, 0.4) is 0 Å². The fraction of sp³-hybridized carbons (Fsp3) is 0.429.